The minimum atomic E-state index is 0.517. The van der Waals surface area contributed by atoms with Gasteiger partial charge in [0.15, 0.2) is 5.13 Å². The van der Waals surface area contributed by atoms with E-state index in [-0.39, 0.29) is 0 Å². The van der Waals surface area contributed by atoms with Crippen LogP contribution in [-0.4, -0.2) is 48.1 Å². The van der Waals surface area contributed by atoms with Crippen LogP contribution in [-0.2, 0) is 6.54 Å². The minimum absolute atomic E-state index is 0.517. The van der Waals surface area contributed by atoms with Gasteiger partial charge in [-0.25, -0.2) is 4.98 Å². The van der Waals surface area contributed by atoms with Gasteiger partial charge in [0.25, 0.3) is 0 Å². The van der Waals surface area contributed by atoms with E-state index in [4.69, 9.17) is 4.98 Å². The van der Waals surface area contributed by atoms with E-state index in [9.17, 15) is 0 Å². The van der Waals surface area contributed by atoms with Crippen LogP contribution in [0.15, 0.2) is 0 Å². The molecule has 1 saturated heterocycles. The maximum Gasteiger partial charge on any atom is 0.185 e. The van der Waals surface area contributed by atoms with Crippen molar-refractivity contribution in [2.24, 2.45) is 0 Å². The summed E-state index contributed by atoms with van der Waals surface area (Å²) in [6.45, 7) is 14.2. The maximum absolute atomic E-state index is 4.79. The lowest BCUT2D eigenvalue weighted by molar-refractivity contribution is 0.170. The molecule has 0 amide bonds. The molecule has 0 radical (unpaired) electrons. The number of aromatic nitrogens is 1. The van der Waals surface area contributed by atoms with Crippen LogP contribution in [0.4, 0.5) is 5.13 Å². The van der Waals surface area contributed by atoms with Gasteiger partial charge in [0.2, 0.25) is 0 Å². The van der Waals surface area contributed by atoms with Gasteiger partial charge in [0.1, 0.15) is 0 Å². The average molecular weight is 296 g/mol. The number of aryl methyl sites for hydroxylation is 1. The van der Waals surface area contributed by atoms with Gasteiger partial charge in [-0.15, -0.1) is 11.3 Å². The third-order valence-corrected chi connectivity index (χ3v) is 5.40. The maximum atomic E-state index is 4.79. The number of likely N-dealkylation sites (N-methyl/N-ethyl adjacent to an activating group) is 1. The first-order valence-electron chi connectivity index (χ1n) is 7.55. The number of anilines is 1. The lowest BCUT2D eigenvalue weighted by atomic mass is 10.1. The van der Waals surface area contributed by atoms with E-state index in [1.807, 2.05) is 11.3 Å². The molecule has 0 aliphatic carbocycles. The van der Waals surface area contributed by atoms with Gasteiger partial charge in [-0.1, -0.05) is 13.8 Å². The number of rotatable bonds is 4. The highest BCUT2D eigenvalue weighted by molar-refractivity contribution is 7.15. The lowest BCUT2D eigenvalue weighted by Gasteiger charge is -2.42. The number of nitrogens with zero attached hydrogens (tertiary/aromatic N) is 3. The zero-order valence-corrected chi connectivity index (χ0v) is 14.4. The van der Waals surface area contributed by atoms with Gasteiger partial charge in [-0.2, -0.15) is 0 Å². The van der Waals surface area contributed by atoms with Crippen LogP contribution in [0, 0.1) is 6.92 Å². The molecule has 4 nitrogen and oxygen atoms in total. The Morgan fingerprint density at radius 1 is 1.30 bits per heavy atom. The Hall–Kier alpha value is -0.650. The smallest absolute Gasteiger partial charge is 0.185 e. The normalized spacial score (nSPS) is 24.6. The summed E-state index contributed by atoms with van der Waals surface area (Å²) in [7, 11) is 2.22. The summed E-state index contributed by atoms with van der Waals surface area (Å²) in [6, 6.07) is 1.68. The Labute approximate surface area is 127 Å². The van der Waals surface area contributed by atoms with Crippen LogP contribution >= 0.6 is 11.3 Å². The molecule has 1 fully saturated rings. The number of hydrogen-bond donors (Lipinski definition) is 1. The van der Waals surface area contributed by atoms with Gasteiger partial charge >= 0.3 is 0 Å². The number of hydrogen-bond acceptors (Lipinski definition) is 5. The van der Waals surface area contributed by atoms with E-state index in [0.29, 0.717) is 18.1 Å². The Bertz CT molecular complexity index is 431. The van der Waals surface area contributed by atoms with Crippen LogP contribution in [0.25, 0.3) is 0 Å². The quantitative estimate of drug-likeness (QED) is 0.925. The molecule has 1 aromatic rings. The molecule has 0 saturated carbocycles. The lowest BCUT2D eigenvalue weighted by Crippen LogP contribution is -2.55. The summed E-state index contributed by atoms with van der Waals surface area (Å²) in [4.78, 5) is 11.1. The van der Waals surface area contributed by atoms with Crippen LogP contribution in [0.5, 0.6) is 0 Å². The first-order chi connectivity index (χ1) is 9.38. The van der Waals surface area contributed by atoms with Gasteiger partial charge in [0, 0.05) is 42.6 Å². The zero-order valence-electron chi connectivity index (χ0n) is 13.6. The second-order valence-corrected chi connectivity index (χ2v) is 7.37. The second kappa shape index (κ2) is 6.41. The number of piperazine rings is 1. The third-order valence-electron chi connectivity index (χ3n) is 4.18. The van der Waals surface area contributed by atoms with Crippen molar-refractivity contribution in [3.05, 3.63) is 10.6 Å². The zero-order chi connectivity index (χ0) is 14.9. The van der Waals surface area contributed by atoms with Crippen molar-refractivity contribution < 1.29 is 0 Å². The SMILES string of the molecule is Cc1nc(N2CC(C)N(C)C(C)C2)sc1CNC(C)C. The molecule has 2 atom stereocenters. The van der Waals surface area contributed by atoms with Crippen molar-refractivity contribution in [1.82, 2.24) is 15.2 Å². The molecule has 0 spiro atoms. The number of nitrogens with one attached hydrogen (secondary N) is 1. The molecule has 1 aliphatic heterocycles. The molecule has 2 rings (SSSR count). The Morgan fingerprint density at radius 3 is 2.45 bits per heavy atom. The summed E-state index contributed by atoms with van der Waals surface area (Å²) >= 11 is 1.85. The van der Waals surface area contributed by atoms with Crippen molar-refractivity contribution >= 4 is 16.5 Å². The predicted octanol–water partition coefficient (Wildman–Crippen LogP) is 2.48. The van der Waals surface area contributed by atoms with E-state index in [0.717, 1.165) is 19.6 Å². The summed E-state index contributed by atoms with van der Waals surface area (Å²) in [5, 5.41) is 4.68. The summed E-state index contributed by atoms with van der Waals surface area (Å²) in [5.41, 5.74) is 1.18. The summed E-state index contributed by atoms with van der Waals surface area (Å²) < 4.78 is 0. The first-order valence-corrected chi connectivity index (χ1v) is 8.36. The molecular weight excluding hydrogens is 268 g/mol. The fourth-order valence-electron chi connectivity index (χ4n) is 2.57. The van der Waals surface area contributed by atoms with Gasteiger partial charge in [-0.05, 0) is 27.8 Å². The monoisotopic (exact) mass is 296 g/mol. The van der Waals surface area contributed by atoms with Crippen LogP contribution < -0.4 is 10.2 Å². The van der Waals surface area contributed by atoms with E-state index >= 15 is 0 Å². The van der Waals surface area contributed by atoms with Crippen molar-refractivity contribution in [2.75, 3.05) is 25.0 Å². The predicted molar refractivity (Wildman–Crippen MR) is 87.7 cm³/mol. The molecule has 1 aliphatic rings. The van der Waals surface area contributed by atoms with Gasteiger partial charge in [-0.3, -0.25) is 4.90 Å². The highest BCUT2D eigenvalue weighted by atomic mass is 32.1. The molecule has 2 heterocycles. The molecule has 2 unspecified atom stereocenters. The van der Waals surface area contributed by atoms with Crippen LogP contribution in [0.3, 0.4) is 0 Å². The fraction of sp³-hybridized carbons (Fsp3) is 0.800. The largest absolute Gasteiger partial charge is 0.345 e. The van der Waals surface area contributed by atoms with Crippen molar-refractivity contribution in [2.45, 2.75) is 59.3 Å². The van der Waals surface area contributed by atoms with Crippen LogP contribution in [0.1, 0.15) is 38.3 Å². The molecule has 1 aromatic heterocycles. The Kier molecular flexibility index (Phi) is 5.04. The second-order valence-electron chi connectivity index (χ2n) is 6.31. The topological polar surface area (TPSA) is 31.4 Å². The standard InChI is InChI=1S/C15H28N4S/c1-10(2)16-7-14-13(5)17-15(20-14)19-8-11(3)18(6)12(4)9-19/h10-12,16H,7-9H2,1-6H3. The molecule has 0 aromatic carbocycles. The summed E-state index contributed by atoms with van der Waals surface area (Å²) in [6.07, 6.45) is 0. The van der Waals surface area contributed by atoms with Crippen molar-refractivity contribution in [1.29, 1.82) is 0 Å². The Balaban J connectivity index is 2.07. The number of thiazole rings is 1. The summed E-state index contributed by atoms with van der Waals surface area (Å²) in [5.74, 6) is 0. The van der Waals surface area contributed by atoms with E-state index in [1.54, 1.807) is 0 Å². The highest BCUT2D eigenvalue weighted by Crippen LogP contribution is 2.28. The highest BCUT2D eigenvalue weighted by Gasteiger charge is 2.28. The third kappa shape index (κ3) is 3.51. The van der Waals surface area contributed by atoms with Crippen molar-refractivity contribution in [3.8, 4) is 0 Å². The van der Waals surface area contributed by atoms with E-state index < -0.39 is 0 Å². The fourth-order valence-corrected chi connectivity index (χ4v) is 3.60. The van der Waals surface area contributed by atoms with E-state index in [1.165, 1.54) is 15.7 Å². The van der Waals surface area contributed by atoms with Crippen LogP contribution in [0.2, 0.25) is 0 Å². The first kappa shape index (κ1) is 15.7. The Morgan fingerprint density at radius 2 is 1.90 bits per heavy atom. The molecule has 0 bridgehead atoms. The van der Waals surface area contributed by atoms with Crippen molar-refractivity contribution in [3.63, 3.8) is 0 Å². The molecular formula is C15H28N4S. The van der Waals surface area contributed by atoms with E-state index in [2.05, 4.69) is 56.8 Å². The molecule has 5 heteroatoms. The molecule has 1 N–H and O–H groups in total. The average Bonchev–Trinajstić information content (AvgIpc) is 2.74. The minimum Gasteiger partial charge on any atom is -0.345 e. The van der Waals surface area contributed by atoms with Gasteiger partial charge in [0.05, 0.1) is 5.69 Å². The molecule has 20 heavy (non-hydrogen) atoms. The molecule has 114 valence electrons. The van der Waals surface area contributed by atoms with Gasteiger partial charge < -0.3 is 10.2 Å².